The van der Waals surface area contributed by atoms with E-state index in [1.807, 2.05) is 6.26 Å². The number of thioether (sulfide) groups is 1. The summed E-state index contributed by atoms with van der Waals surface area (Å²) in [5, 5.41) is 24.8. The average molecular weight is 456 g/mol. The van der Waals surface area contributed by atoms with E-state index in [1.54, 1.807) is 11.8 Å². The van der Waals surface area contributed by atoms with E-state index in [9.17, 15) is 19.2 Å². The monoisotopic (exact) mass is 455 g/mol. The number of primary amides is 1. The van der Waals surface area contributed by atoms with Crippen LogP contribution in [0.1, 0.15) is 25.7 Å². The van der Waals surface area contributed by atoms with Gasteiger partial charge in [-0.25, -0.2) is 0 Å². The van der Waals surface area contributed by atoms with Crippen molar-refractivity contribution in [2.45, 2.75) is 43.8 Å². The van der Waals surface area contributed by atoms with E-state index in [4.69, 9.17) is 44.0 Å². The normalized spacial score (nSPS) is 12.5. The Bertz CT molecular complexity index is 559. The Morgan fingerprint density at radius 1 is 0.833 bits per heavy atom. The maximum atomic E-state index is 10.2. The average Bonchev–Trinajstić information content (AvgIpc) is 2.63. The Morgan fingerprint density at radius 2 is 1.27 bits per heavy atom. The summed E-state index contributed by atoms with van der Waals surface area (Å²) in [6.07, 6.45) is 3.12. The summed E-state index contributed by atoms with van der Waals surface area (Å²) in [6, 6.07) is -2.67. The fourth-order valence-electron chi connectivity index (χ4n) is 1.32. The van der Waals surface area contributed by atoms with Crippen molar-refractivity contribution < 1.29 is 34.5 Å². The van der Waals surface area contributed by atoms with Crippen LogP contribution in [0, 0.1) is 0 Å². The van der Waals surface area contributed by atoms with Gasteiger partial charge in [0.1, 0.15) is 18.1 Å². The van der Waals surface area contributed by atoms with E-state index in [0.29, 0.717) is 25.8 Å². The molecule has 0 aromatic rings. The third-order valence-electron chi connectivity index (χ3n) is 2.97. The van der Waals surface area contributed by atoms with E-state index in [1.165, 1.54) is 0 Å². The molecule has 0 aromatic carbocycles. The summed E-state index contributed by atoms with van der Waals surface area (Å²) >= 11 is 1.60. The molecule has 3 atom stereocenters. The number of hydrogen-bond acceptors (Lipinski definition) is 9. The molecular formula is C15H33N7O7S. The highest BCUT2D eigenvalue weighted by Gasteiger charge is 2.13. The van der Waals surface area contributed by atoms with Gasteiger partial charge in [-0.15, -0.1) is 0 Å². The Morgan fingerprint density at radius 3 is 1.57 bits per heavy atom. The molecule has 15 N–H and O–H groups in total. The van der Waals surface area contributed by atoms with Crippen LogP contribution < -0.4 is 34.4 Å². The van der Waals surface area contributed by atoms with Gasteiger partial charge in [-0.1, -0.05) is 0 Å². The lowest BCUT2D eigenvalue weighted by molar-refractivity contribution is -0.140. The third-order valence-corrected chi connectivity index (χ3v) is 3.62. The van der Waals surface area contributed by atoms with E-state index >= 15 is 0 Å². The molecule has 0 aromatic heterocycles. The molecule has 14 nitrogen and oxygen atoms in total. The van der Waals surface area contributed by atoms with Crippen LogP contribution in [0.15, 0.2) is 4.99 Å². The zero-order valence-electron chi connectivity index (χ0n) is 16.8. The summed E-state index contributed by atoms with van der Waals surface area (Å²) in [4.78, 5) is 43.9. The van der Waals surface area contributed by atoms with Gasteiger partial charge in [0.05, 0.1) is 6.42 Å². The first-order chi connectivity index (χ1) is 13.8. The number of hydrogen-bond donors (Lipinski definition) is 9. The second kappa shape index (κ2) is 19.7. The first kappa shape index (κ1) is 32.1. The smallest absolute Gasteiger partial charge is 0.321 e. The molecule has 1 amide bonds. The van der Waals surface area contributed by atoms with E-state index in [-0.39, 0.29) is 12.4 Å². The predicted molar refractivity (Wildman–Crippen MR) is 114 cm³/mol. The van der Waals surface area contributed by atoms with Gasteiger partial charge in [-0.3, -0.25) is 24.2 Å². The van der Waals surface area contributed by atoms with Crippen molar-refractivity contribution in [3.63, 3.8) is 0 Å². The molecule has 15 heteroatoms. The van der Waals surface area contributed by atoms with Crippen LogP contribution in [0.25, 0.3) is 0 Å². The predicted octanol–water partition coefficient (Wildman–Crippen LogP) is -3.12. The van der Waals surface area contributed by atoms with Crippen molar-refractivity contribution in [1.29, 1.82) is 0 Å². The van der Waals surface area contributed by atoms with E-state index < -0.39 is 41.9 Å². The van der Waals surface area contributed by atoms with Gasteiger partial charge in [0.2, 0.25) is 5.91 Å². The Balaban J connectivity index is -0.000000371. The van der Waals surface area contributed by atoms with E-state index in [2.05, 4.69) is 10.7 Å². The highest BCUT2D eigenvalue weighted by molar-refractivity contribution is 7.98. The molecular weight excluding hydrogens is 422 g/mol. The van der Waals surface area contributed by atoms with Crippen molar-refractivity contribution in [3.05, 3.63) is 0 Å². The maximum absolute atomic E-state index is 10.2. The van der Waals surface area contributed by atoms with Crippen molar-refractivity contribution in [2.75, 3.05) is 18.6 Å². The van der Waals surface area contributed by atoms with Crippen LogP contribution in [-0.2, 0) is 19.2 Å². The van der Waals surface area contributed by atoms with Gasteiger partial charge in [0.15, 0.2) is 5.96 Å². The number of amides is 1. The van der Waals surface area contributed by atoms with Crippen molar-refractivity contribution in [3.8, 4) is 0 Å². The molecule has 0 aliphatic carbocycles. The Labute approximate surface area is 178 Å². The minimum atomic E-state index is -1.21. The summed E-state index contributed by atoms with van der Waals surface area (Å²) in [5.74, 6) is -3.01. The molecule has 0 aliphatic heterocycles. The van der Waals surface area contributed by atoms with Gasteiger partial charge in [-0.05, 0) is 31.3 Å². The summed E-state index contributed by atoms with van der Waals surface area (Å²) < 4.78 is 0. The summed E-state index contributed by atoms with van der Waals surface area (Å²) in [6.45, 7) is 0.420. The molecule has 176 valence electrons. The number of nitrogens with two attached hydrogens (primary N) is 6. The van der Waals surface area contributed by atoms with Crippen molar-refractivity contribution in [2.24, 2.45) is 39.4 Å². The zero-order chi connectivity index (χ0) is 24.3. The molecule has 0 spiro atoms. The second-order valence-electron chi connectivity index (χ2n) is 5.73. The van der Waals surface area contributed by atoms with E-state index in [0.717, 1.165) is 5.75 Å². The lowest BCUT2D eigenvalue weighted by atomic mass is 10.2. The van der Waals surface area contributed by atoms with Crippen LogP contribution in [0.2, 0.25) is 0 Å². The number of carboxylic acid groups (broad SMARTS) is 3. The first-order valence-corrected chi connectivity index (χ1v) is 9.93. The summed E-state index contributed by atoms with van der Waals surface area (Å²) in [7, 11) is 0. The number of carbonyl (C=O) groups is 4. The van der Waals surface area contributed by atoms with Gasteiger partial charge in [0.25, 0.3) is 0 Å². The molecule has 0 rings (SSSR count). The molecule has 0 saturated heterocycles. The molecule has 0 radical (unpaired) electrons. The minimum absolute atomic E-state index is 0.0129. The molecule has 0 heterocycles. The molecule has 30 heavy (non-hydrogen) atoms. The van der Waals surface area contributed by atoms with Crippen LogP contribution in [0.3, 0.4) is 0 Å². The van der Waals surface area contributed by atoms with Crippen LogP contribution in [0.4, 0.5) is 0 Å². The highest BCUT2D eigenvalue weighted by atomic mass is 32.2. The van der Waals surface area contributed by atoms with Crippen LogP contribution in [-0.4, -0.2) is 81.8 Å². The maximum Gasteiger partial charge on any atom is 0.321 e. The van der Waals surface area contributed by atoms with Crippen molar-refractivity contribution >= 4 is 41.5 Å². The molecule has 0 aliphatic rings. The van der Waals surface area contributed by atoms with Crippen LogP contribution in [0.5, 0.6) is 0 Å². The molecule has 0 bridgehead atoms. The fourth-order valence-corrected chi connectivity index (χ4v) is 1.80. The lowest BCUT2D eigenvalue weighted by Crippen LogP contribution is -2.34. The number of carboxylic acids is 3. The SMILES string of the molecule is CSCCC(N)C(=O)O.NC(=O)CC(N)C(=O)O.NC(N)=NCCCC(N)C(=O)O. The van der Waals surface area contributed by atoms with Gasteiger partial charge in [-0.2, -0.15) is 11.8 Å². The Hall–Kier alpha value is -2.62. The first-order valence-electron chi connectivity index (χ1n) is 8.53. The minimum Gasteiger partial charge on any atom is -0.480 e. The Kier molecular flexibility index (Phi) is 21.0. The zero-order valence-corrected chi connectivity index (χ0v) is 17.6. The van der Waals surface area contributed by atoms with Gasteiger partial charge >= 0.3 is 17.9 Å². The second-order valence-corrected chi connectivity index (χ2v) is 6.72. The molecule has 0 saturated carbocycles. The fraction of sp³-hybridized carbons (Fsp3) is 0.667. The third kappa shape index (κ3) is 25.4. The number of aliphatic imine (C=N–C) groups is 1. The number of nitrogens with zero attached hydrogens (tertiary/aromatic N) is 1. The number of carbonyl (C=O) groups excluding carboxylic acids is 1. The van der Waals surface area contributed by atoms with Crippen LogP contribution >= 0.6 is 11.8 Å². The highest BCUT2D eigenvalue weighted by Crippen LogP contribution is 1.97. The molecule has 0 fully saturated rings. The summed E-state index contributed by atoms with van der Waals surface area (Å²) in [5.41, 5.74) is 30.1. The lowest BCUT2D eigenvalue weighted by Gasteiger charge is -2.03. The number of guanidine groups is 1. The van der Waals surface area contributed by atoms with Crippen molar-refractivity contribution in [1.82, 2.24) is 0 Å². The van der Waals surface area contributed by atoms with Gasteiger partial charge < -0.3 is 49.7 Å². The largest absolute Gasteiger partial charge is 0.480 e. The molecule has 3 unspecified atom stereocenters. The quantitative estimate of drug-likeness (QED) is 0.0799. The number of rotatable bonds is 12. The van der Waals surface area contributed by atoms with Gasteiger partial charge in [0, 0.05) is 6.54 Å². The standard InChI is InChI=1S/C6H14N4O2.C5H11NO2S.C4H8N2O3/c7-4(5(11)12)2-1-3-10-6(8)9;1-9-3-2-4(6)5(7)8;5-2(4(8)9)1-3(6)7/h4H,1-3,7H2,(H,11,12)(H4,8,9,10);4H,2-3,6H2,1H3,(H,7,8);2H,1,5H2,(H2,6,7)(H,8,9). The number of aliphatic carboxylic acids is 3. The topological polar surface area (TPSA) is 297 Å².